The molecule has 0 aliphatic carbocycles. The second-order valence-corrected chi connectivity index (χ2v) is 13.0. The summed E-state index contributed by atoms with van der Waals surface area (Å²) >= 11 is 8.81. The molecule has 0 saturated heterocycles. The first-order valence-corrected chi connectivity index (χ1v) is 27.2. The first-order valence-electron chi connectivity index (χ1n) is 22.4. The van der Waals surface area contributed by atoms with Gasteiger partial charge in [0, 0.05) is 7.13 Å². The lowest BCUT2D eigenvalue weighted by molar-refractivity contribution is -0.144. The van der Waals surface area contributed by atoms with Crippen LogP contribution in [-0.2, 0) is 43.2 Å². The molecule has 16 N–H and O–H groups in total. The van der Waals surface area contributed by atoms with Gasteiger partial charge in [0.25, 0.3) is 0 Å². The molecule has 74 heavy (non-hydrogen) atoms. The third-order valence-corrected chi connectivity index (χ3v) is 7.52. The maximum atomic E-state index is 11.3. The van der Waals surface area contributed by atoms with Crippen LogP contribution >= 0.6 is 47.8 Å². The van der Waals surface area contributed by atoms with Crippen LogP contribution in [0.4, 0.5) is 0 Å². The summed E-state index contributed by atoms with van der Waals surface area (Å²) in [7, 11) is 7.71. The zero-order valence-corrected chi connectivity index (χ0v) is 50.0. The monoisotopic (exact) mass is 1270 g/mol. The standard InChI is InChI=1S/C12H17NO2.C10H13NO2.C9H12BNO4.4C3H9N.C2H4O.3CH3Br.CH5N.4CH4.5H2/c1-3-15-12(14)11(13)8-10-6-4-9(2)5-7-10;1-7-2-4-8(5-3-7)6-9(11)10(12)13;11-8(9(12)13)5-6-1-3-7(4-2-6)10(14)15;4*1-3-4-2;1-2-3;4*1-2;;;;;;;;;/h4-7,11H,3,8,13H2,1-2H3;2-5,9H,6,11H2,1H3,(H,12,13);1-4,8,14-15H,5,11H2,(H,12,13);4*4H,3H2,1-2H3;2H,1H3;3*1H3;2H2,1H3;4*1H4;5*1H/t11-;9-;8-;;;;;;;;;;;;;;;;;;/m000................../s1/i;;;;;;;;;;;;;;;;5*1+1. The van der Waals surface area contributed by atoms with Gasteiger partial charge in [-0.1, -0.05) is 189 Å². The highest BCUT2D eigenvalue weighted by molar-refractivity contribution is 9.09. The van der Waals surface area contributed by atoms with E-state index in [0.29, 0.717) is 24.9 Å². The number of carbonyl (C=O) groups excluding carboxylic acids is 2. The third-order valence-electron chi connectivity index (χ3n) is 7.52. The normalized spacial score (nSPS) is 9.26. The van der Waals surface area contributed by atoms with Crippen molar-refractivity contribution in [3.8, 4) is 0 Å². The number of esters is 1. The molecule has 3 rings (SSSR count). The van der Waals surface area contributed by atoms with Gasteiger partial charge in [0.2, 0.25) is 0 Å². The van der Waals surface area contributed by atoms with Gasteiger partial charge < -0.3 is 74.0 Å². The topological polar surface area (TPSA) is 311 Å². The summed E-state index contributed by atoms with van der Waals surface area (Å²) in [6.45, 7) is 20.2. The summed E-state index contributed by atoms with van der Waals surface area (Å²) in [6.07, 6.45) is 1.88. The number of aliphatic carboxylic acids is 2. The minimum atomic E-state index is -1.51. The fraction of sp³-hybridized carbons (Fsp3) is 0.585. The van der Waals surface area contributed by atoms with Crippen LogP contribution < -0.4 is 49.7 Å². The van der Waals surface area contributed by atoms with E-state index in [9.17, 15) is 14.4 Å². The second kappa shape index (κ2) is 86.6. The number of hydrogen-bond acceptors (Lipinski definition) is 15. The number of carboxylic acids is 2. The van der Waals surface area contributed by atoms with E-state index in [-0.39, 0.29) is 49.2 Å². The third kappa shape index (κ3) is 82.9. The number of hydrogen-bond donors (Lipinski definition) is 12. The van der Waals surface area contributed by atoms with Gasteiger partial charge in [0.05, 0.1) is 6.61 Å². The van der Waals surface area contributed by atoms with E-state index in [1.807, 2.05) is 108 Å². The fourth-order valence-corrected chi connectivity index (χ4v) is 3.54. The number of alkyl halides is 3. The van der Waals surface area contributed by atoms with E-state index in [1.54, 1.807) is 19.1 Å². The predicted octanol–water partition coefficient (Wildman–Crippen LogP) is 8.19. The van der Waals surface area contributed by atoms with Crippen molar-refractivity contribution in [2.45, 2.75) is 122 Å². The first kappa shape index (κ1) is 103. The maximum absolute atomic E-state index is 11.3. The van der Waals surface area contributed by atoms with Crippen molar-refractivity contribution in [2.24, 2.45) is 22.9 Å². The van der Waals surface area contributed by atoms with E-state index in [2.05, 4.69) is 102 Å². The average molecular weight is 1270 g/mol. The number of benzene rings is 3. The predicted molar refractivity (Wildman–Crippen MR) is 348 cm³/mol. The molecule has 0 spiro atoms. The molecule has 0 bridgehead atoms. The SMILES string of the molecule is C.C.C.C.CBr.CBr.CBr.CC=O.CCNC.CCNC.CCNC.CCNC.CCOC(=O)[C@@H](N)Cc1ccc(C)cc1.CN.Cc1ccc(C[C@H](N)C(=O)O)cc1.N[C@@H](Cc1ccc(B(O)O)cc1)C(=O)O.[2HH].[2HH].[2HH].[2HH].[2HH]. The van der Waals surface area contributed by atoms with Crippen LogP contribution in [0.25, 0.3) is 0 Å². The van der Waals surface area contributed by atoms with Crippen LogP contribution in [-0.4, -0.2) is 155 Å². The van der Waals surface area contributed by atoms with Gasteiger partial charge in [-0.15, -0.1) is 0 Å². The van der Waals surface area contributed by atoms with Crippen molar-refractivity contribution in [3.63, 3.8) is 0 Å². The molecular weight excluding hydrogens is 1140 g/mol. The van der Waals surface area contributed by atoms with E-state index in [1.165, 1.54) is 31.7 Å². The molecule has 0 aliphatic rings. The molecule has 0 aromatic heterocycles. The minimum Gasteiger partial charge on any atom is -0.480 e. The van der Waals surface area contributed by atoms with E-state index in [4.69, 9.17) is 47.0 Å². The zero-order valence-electron chi connectivity index (χ0n) is 45.2. The average Bonchev–Trinajstić information content (AvgIpc) is 3.38. The summed E-state index contributed by atoms with van der Waals surface area (Å²) in [5.74, 6) is 3.09. The van der Waals surface area contributed by atoms with Crippen LogP contribution in [0, 0.1) is 13.8 Å². The number of nitrogens with two attached hydrogens (primary N) is 4. The maximum Gasteiger partial charge on any atom is 0.488 e. The molecule has 0 fully saturated rings. The zero-order chi connectivity index (χ0) is 56.9. The molecule has 3 aromatic rings. The van der Waals surface area contributed by atoms with Gasteiger partial charge in [-0.2, -0.15) is 0 Å². The summed E-state index contributed by atoms with van der Waals surface area (Å²) in [5.41, 5.74) is 26.4. The molecule has 21 heteroatoms. The summed E-state index contributed by atoms with van der Waals surface area (Å²) in [5, 5.41) is 46.5. The Morgan fingerprint density at radius 3 is 0.932 bits per heavy atom. The minimum absolute atomic E-state index is 0. The lowest BCUT2D eigenvalue weighted by atomic mass is 9.80. The molecule has 452 valence electrons. The Morgan fingerprint density at radius 2 is 0.757 bits per heavy atom. The molecule has 0 amide bonds. The molecule has 3 aromatic carbocycles. The van der Waals surface area contributed by atoms with Crippen LogP contribution in [0.1, 0.15) is 106 Å². The summed E-state index contributed by atoms with van der Waals surface area (Å²) < 4.78 is 4.84. The molecule has 0 unspecified atom stereocenters. The number of aldehydes is 1. The second-order valence-electron chi connectivity index (χ2n) is 13.0. The molecule has 0 saturated carbocycles. The van der Waals surface area contributed by atoms with Gasteiger partial charge in [-0.25, -0.2) is 0 Å². The van der Waals surface area contributed by atoms with Gasteiger partial charge in [-0.3, -0.25) is 14.4 Å². The first-order chi connectivity index (χ1) is 33.3. The van der Waals surface area contributed by atoms with Crippen molar-refractivity contribution in [1.82, 2.24) is 21.3 Å². The van der Waals surface area contributed by atoms with Crippen molar-refractivity contribution >= 4 is 84.6 Å². The Balaban J connectivity index is -0.0000000345. The Labute approximate surface area is 486 Å². The number of carboxylic acid groups (broad SMARTS) is 2. The number of carbonyl (C=O) groups is 4. The van der Waals surface area contributed by atoms with E-state index in [0.717, 1.165) is 54.7 Å². The smallest absolute Gasteiger partial charge is 0.480 e. The molecule has 3 atom stereocenters. The van der Waals surface area contributed by atoms with Crippen LogP contribution in [0.3, 0.4) is 0 Å². The van der Waals surface area contributed by atoms with Crippen molar-refractivity contribution in [3.05, 3.63) is 101 Å². The summed E-state index contributed by atoms with van der Waals surface area (Å²) in [6, 6.07) is 19.7. The number of halogens is 3. The molecule has 0 heterocycles. The Bertz CT molecular complexity index is 1500. The summed E-state index contributed by atoms with van der Waals surface area (Å²) in [4.78, 5) is 41.0. The Kier molecular flexibility index (Phi) is 121. The van der Waals surface area contributed by atoms with Gasteiger partial charge in [0.1, 0.15) is 24.4 Å². The number of aryl methyl sites for hydroxylation is 2. The van der Waals surface area contributed by atoms with E-state index >= 15 is 0 Å². The van der Waals surface area contributed by atoms with Crippen molar-refractivity contribution in [2.75, 3.05) is 85.5 Å². The molecular formula is C53H122BBr3N8O9. The van der Waals surface area contributed by atoms with Gasteiger partial charge in [0.15, 0.2) is 0 Å². The molecule has 0 radical (unpaired) electrons. The van der Waals surface area contributed by atoms with Crippen LogP contribution in [0.5, 0.6) is 0 Å². The quantitative estimate of drug-likeness (QED) is 0.0295. The fourth-order valence-electron chi connectivity index (χ4n) is 3.54. The lowest BCUT2D eigenvalue weighted by Crippen LogP contribution is -2.34. The van der Waals surface area contributed by atoms with Gasteiger partial charge in [-0.05, 0) is 148 Å². The largest absolute Gasteiger partial charge is 0.488 e. The van der Waals surface area contributed by atoms with E-state index < -0.39 is 37.2 Å². The molecule has 0 aliphatic heterocycles. The lowest BCUT2D eigenvalue weighted by Gasteiger charge is -2.10. The van der Waals surface area contributed by atoms with Crippen LogP contribution in [0.2, 0.25) is 0 Å². The highest BCUT2D eigenvalue weighted by Crippen LogP contribution is 2.07. The highest BCUT2D eigenvalue weighted by atomic mass is 79.9. The molecule has 17 nitrogen and oxygen atoms in total. The number of rotatable bonds is 15. The number of nitrogens with one attached hydrogen (secondary N) is 4. The van der Waals surface area contributed by atoms with Crippen LogP contribution in [0.15, 0.2) is 72.8 Å². The van der Waals surface area contributed by atoms with Crippen molar-refractivity contribution in [1.29, 1.82) is 0 Å². The Morgan fingerprint density at radius 1 is 0.554 bits per heavy atom. The highest BCUT2D eigenvalue weighted by Gasteiger charge is 2.15. The Hall–Kier alpha value is -3.16. The van der Waals surface area contributed by atoms with Crippen molar-refractivity contribution < 1.29 is 51.3 Å². The van der Waals surface area contributed by atoms with Gasteiger partial charge >= 0.3 is 25.0 Å². The number of ether oxygens (including phenoxy) is 1.